The summed E-state index contributed by atoms with van der Waals surface area (Å²) in [6.45, 7) is 0. The van der Waals surface area contributed by atoms with Gasteiger partial charge in [0.25, 0.3) is 0 Å². The predicted molar refractivity (Wildman–Crippen MR) is 48.3 cm³/mol. The number of hydrogen-bond donors (Lipinski definition) is 0. The second-order valence-corrected chi connectivity index (χ2v) is 6.71. The Morgan fingerprint density at radius 2 is 2.36 bits per heavy atom. The molecule has 1 aromatic heterocycles. The maximum atomic E-state index is 10.6. The quantitative estimate of drug-likeness (QED) is 0.776. The van der Waals surface area contributed by atoms with Gasteiger partial charge in [-0.25, -0.2) is 13.4 Å². The molecule has 62 valence electrons. The first-order valence-corrected chi connectivity index (χ1v) is 6.64. The molecule has 1 heterocycles. The van der Waals surface area contributed by atoms with Crippen molar-refractivity contribution in [3.05, 3.63) is 15.0 Å². The summed E-state index contributed by atoms with van der Waals surface area (Å²) in [5.41, 5.74) is 2.02. The first-order chi connectivity index (χ1) is 4.99. The fourth-order valence-electron chi connectivity index (χ4n) is 0.512. The van der Waals surface area contributed by atoms with Crippen LogP contribution in [-0.2, 0) is 14.8 Å². The predicted octanol–water partition coefficient (Wildman–Crippen LogP) is 1.97. The lowest BCUT2D eigenvalue weighted by Gasteiger charge is -1.90. The van der Waals surface area contributed by atoms with Crippen LogP contribution in [0.5, 0.6) is 0 Å². The Morgan fingerprint density at radius 1 is 1.73 bits per heavy atom. The first kappa shape index (κ1) is 9.44. The highest BCUT2D eigenvalue weighted by Crippen LogP contribution is 2.23. The van der Waals surface area contributed by atoms with Crippen LogP contribution in [0.3, 0.4) is 0 Å². The lowest BCUT2D eigenvalue weighted by Crippen LogP contribution is -1.95. The number of nitrogens with zero attached hydrogens (tertiary/aromatic N) is 1. The Kier molecular flexibility index (Phi) is 2.90. The van der Waals surface area contributed by atoms with E-state index in [0.717, 1.165) is 0 Å². The van der Waals surface area contributed by atoms with E-state index in [1.807, 2.05) is 0 Å². The zero-order valence-corrected chi connectivity index (χ0v) is 9.10. The number of halogens is 2. The van der Waals surface area contributed by atoms with Crippen LogP contribution in [0, 0.1) is 0 Å². The monoisotopic (exact) mass is 275 g/mol. The van der Waals surface area contributed by atoms with Crippen LogP contribution in [0.25, 0.3) is 0 Å². The number of rotatable bonds is 2. The van der Waals surface area contributed by atoms with Crippen molar-refractivity contribution in [2.45, 2.75) is 5.75 Å². The fourth-order valence-corrected chi connectivity index (χ4v) is 2.67. The zero-order valence-electron chi connectivity index (χ0n) is 5.12. The molecular weight excluding hydrogens is 274 g/mol. The second kappa shape index (κ2) is 3.38. The van der Waals surface area contributed by atoms with E-state index in [-0.39, 0.29) is 5.75 Å². The van der Waals surface area contributed by atoms with E-state index in [9.17, 15) is 8.42 Å². The molecule has 0 radical (unpaired) electrons. The minimum absolute atomic E-state index is 0.224. The number of hydrogen-bond acceptors (Lipinski definition) is 4. The summed E-state index contributed by atoms with van der Waals surface area (Å²) < 4.78 is 21.8. The maximum absolute atomic E-state index is 10.6. The molecule has 11 heavy (non-hydrogen) atoms. The van der Waals surface area contributed by atoms with Gasteiger partial charge in [0.2, 0.25) is 9.05 Å². The van der Waals surface area contributed by atoms with E-state index in [2.05, 4.69) is 20.9 Å². The Balaban J connectivity index is 2.89. The average molecular weight is 277 g/mol. The van der Waals surface area contributed by atoms with Crippen molar-refractivity contribution in [3.63, 3.8) is 0 Å². The highest BCUT2D eigenvalue weighted by atomic mass is 79.9. The Morgan fingerprint density at radius 3 is 2.73 bits per heavy atom. The van der Waals surface area contributed by atoms with Crippen LogP contribution in [-0.4, -0.2) is 13.4 Å². The summed E-state index contributed by atoms with van der Waals surface area (Å²) in [6, 6.07) is 0. The standard InChI is InChI=1S/C4H3BrClNO2S2/c5-4-3(7-2-10-4)1-11(6,8)9/h2H,1H2. The molecule has 0 fully saturated rings. The van der Waals surface area contributed by atoms with E-state index in [1.165, 1.54) is 11.3 Å². The van der Waals surface area contributed by atoms with Crippen molar-refractivity contribution in [1.29, 1.82) is 0 Å². The molecule has 0 aliphatic rings. The van der Waals surface area contributed by atoms with Gasteiger partial charge in [-0.1, -0.05) is 0 Å². The van der Waals surface area contributed by atoms with Crippen molar-refractivity contribution in [3.8, 4) is 0 Å². The highest BCUT2D eigenvalue weighted by molar-refractivity contribution is 9.11. The molecule has 0 atom stereocenters. The van der Waals surface area contributed by atoms with Gasteiger partial charge in [-0.15, -0.1) is 11.3 Å². The van der Waals surface area contributed by atoms with E-state index < -0.39 is 9.05 Å². The van der Waals surface area contributed by atoms with Gasteiger partial charge < -0.3 is 0 Å². The van der Waals surface area contributed by atoms with Crippen LogP contribution >= 0.6 is 37.9 Å². The molecule has 0 aliphatic carbocycles. The van der Waals surface area contributed by atoms with Crippen molar-refractivity contribution in [1.82, 2.24) is 4.98 Å². The molecule has 1 rings (SSSR count). The molecule has 1 aromatic rings. The van der Waals surface area contributed by atoms with Gasteiger partial charge in [0.15, 0.2) is 0 Å². The van der Waals surface area contributed by atoms with Crippen LogP contribution < -0.4 is 0 Å². The molecule has 3 nitrogen and oxygen atoms in total. The topological polar surface area (TPSA) is 47.0 Å². The van der Waals surface area contributed by atoms with Gasteiger partial charge in [0.05, 0.1) is 15.0 Å². The molecule has 0 aromatic carbocycles. The lowest BCUT2D eigenvalue weighted by atomic mass is 10.6. The molecule has 0 amide bonds. The van der Waals surface area contributed by atoms with Gasteiger partial charge in [-0.05, 0) is 15.9 Å². The van der Waals surface area contributed by atoms with E-state index in [1.54, 1.807) is 5.51 Å². The van der Waals surface area contributed by atoms with Crippen LogP contribution in [0.4, 0.5) is 0 Å². The van der Waals surface area contributed by atoms with Crippen LogP contribution in [0.1, 0.15) is 5.69 Å². The lowest BCUT2D eigenvalue weighted by molar-refractivity contribution is 0.608. The van der Waals surface area contributed by atoms with Gasteiger partial charge in [-0.3, -0.25) is 0 Å². The highest BCUT2D eigenvalue weighted by Gasteiger charge is 2.11. The average Bonchev–Trinajstić information content (AvgIpc) is 2.12. The van der Waals surface area contributed by atoms with Crippen LogP contribution in [0.2, 0.25) is 0 Å². The van der Waals surface area contributed by atoms with Crippen molar-refractivity contribution in [2.75, 3.05) is 0 Å². The SMILES string of the molecule is O=S(=O)(Cl)Cc1ncsc1Br. The summed E-state index contributed by atoms with van der Waals surface area (Å²) in [7, 11) is 1.53. The third-order valence-corrected chi connectivity index (χ3v) is 3.52. The summed E-state index contributed by atoms with van der Waals surface area (Å²) in [4.78, 5) is 3.81. The molecule has 0 bridgehead atoms. The minimum Gasteiger partial charge on any atom is -0.247 e. The largest absolute Gasteiger partial charge is 0.247 e. The Labute approximate surface area is 81.0 Å². The smallest absolute Gasteiger partial charge is 0.238 e. The molecule has 0 unspecified atom stereocenters. The first-order valence-electron chi connectivity index (χ1n) is 2.49. The Bertz CT molecular complexity index is 347. The van der Waals surface area contributed by atoms with Gasteiger partial charge in [0.1, 0.15) is 5.75 Å². The molecule has 0 aliphatic heterocycles. The van der Waals surface area contributed by atoms with Gasteiger partial charge in [0, 0.05) is 10.7 Å². The molecule has 0 saturated carbocycles. The summed E-state index contributed by atoms with van der Waals surface area (Å²) >= 11 is 4.48. The molecular formula is C4H3BrClNO2S2. The normalized spacial score (nSPS) is 11.8. The second-order valence-electron chi connectivity index (χ2n) is 1.76. The third-order valence-electron chi connectivity index (χ3n) is 0.901. The van der Waals surface area contributed by atoms with Crippen molar-refractivity contribution in [2.24, 2.45) is 0 Å². The summed E-state index contributed by atoms with van der Waals surface area (Å²) in [5.74, 6) is -0.224. The molecule has 0 saturated heterocycles. The third kappa shape index (κ3) is 3.06. The fraction of sp³-hybridized carbons (Fsp3) is 0.250. The summed E-state index contributed by atoms with van der Waals surface area (Å²) in [6.07, 6.45) is 0. The van der Waals surface area contributed by atoms with Crippen molar-refractivity contribution < 1.29 is 8.42 Å². The minimum atomic E-state index is -3.48. The molecule has 0 spiro atoms. The zero-order chi connectivity index (χ0) is 8.48. The summed E-state index contributed by atoms with van der Waals surface area (Å²) in [5, 5.41) is 0. The van der Waals surface area contributed by atoms with E-state index in [0.29, 0.717) is 9.48 Å². The van der Waals surface area contributed by atoms with Gasteiger partial charge >= 0.3 is 0 Å². The van der Waals surface area contributed by atoms with Crippen molar-refractivity contribution >= 4 is 47.0 Å². The van der Waals surface area contributed by atoms with Gasteiger partial charge in [-0.2, -0.15) is 0 Å². The van der Waals surface area contributed by atoms with Crippen LogP contribution in [0.15, 0.2) is 9.30 Å². The van der Waals surface area contributed by atoms with E-state index >= 15 is 0 Å². The van der Waals surface area contributed by atoms with E-state index in [4.69, 9.17) is 10.7 Å². The maximum Gasteiger partial charge on any atom is 0.238 e. The number of thiazole rings is 1. The molecule has 7 heteroatoms. The molecule has 0 N–H and O–H groups in total. The number of aromatic nitrogens is 1. The Hall–Kier alpha value is 0.350.